The second kappa shape index (κ2) is 5.96. The van der Waals surface area contributed by atoms with Crippen LogP contribution in [0.3, 0.4) is 0 Å². The number of rotatable bonds is 4. The van der Waals surface area contributed by atoms with Gasteiger partial charge < -0.3 is 10.5 Å². The highest BCUT2D eigenvalue weighted by Gasteiger charge is 2.14. The number of nitrogens with two attached hydrogens (primary N) is 1. The molecule has 18 heavy (non-hydrogen) atoms. The van der Waals surface area contributed by atoms with E-state index in [1.54, 1.807) is 12.1 Å². The van der Waals surface area contributed by atoms with Crippen LogP contribution in [0.15, 0.2) is 35.9 Å². The zero-order valence-corrected chi connectivity index (χ0v) is 10.1. The molecule has 0 fully saturated rings. The van der Waals surface area contributed by atoms with E-state index in [0.717, 1.165) is 18.4 Å². The summed E-state index contributed by atoms with van der Waals surface area (Å²) in [5.41, 5.74) is 8.34. The van der Waals surface area contributed by atoms with E-state index in [9.17, 15) is 8.78 Å². The van der Waals surface area contributed by atoms with Gasteiger partial charge in [-0.05, 0) is 43.4 Å². The Morgan fingerprint density at radius 2 is 1.83 bits per heavy atom. The van der Waals surface area contributed by atoms with Crippen molar-refractivity contribution in [2.45, 2.75) is 38.3 Å². The number of ether oxygens (including phenoxy) is 1. The van der Waals surface area contributed by atoms with Gasteiger partial charge in [0.1, 0.15) is 5.75 Å². The van der Waals surface area contributed by atoms with Gasteiger partial charge in [0, 0.05) is 0 Å². The number of alkyl halides is 2. The molecule has 1 aromatic rings. The van der Waals surface area contributed by atoms with E-state index in [4.69, 9.17) is 5.73 Å². The van der Waals surface area contributed by atoms with Crippen LogP contribution < -0.4 is 10.5 Å². The predicted molar refractivity (Wildman–Crippen MR) is 66.6 cm³/mol. The summed E-state index contributed by atoms with van der Waals surface area (Å²) in [5.74, 6) is 0.165. The Morgan fingerprint density at radius 1 is 1.11 bits per heavy atom. The van der Waals surface area contributed by atoms with Gasteiger partial charge in [0.15, 0.2) is 0 Å². The first kappa shape index (κ1) is 13.0. The van der Waals surface area contributed by atoms with Crippen LogP contribution in [0, 0.1) is 0 Å². The van der Waals surface area contributed by atoms with Gasteiger partial charge in [0.25, 0.3) is 0 Å². The molecule has 1 aliphatic rings. The Kier molecular flexibility index (Phi) is 4.31. The minimum atomic E-state index is -2.79. The number of benzene rings is 1. The molecule has 2 nitrogen and oxygen atoms in total. The van der Waals surface area contributed by atoms with E-state index < -0.39 is 6.61 Å². The monoisotopic (exact) mass is 253 g/mol. The Bertz CT molecular complexity index is 414. The van der Waals surface area contributed by atoms with Crippen LogP contribution in [0.2, 0.25) is 0 Å². The SMILES string of the molecule is NC(C1=CCCCC1)c1ccc(OC(F)F)cc1. The normalized spacial score (nSPS) is 17.4. The first-order chi connectivity index (χ1) is 8.66. The largest absolute Gasteiger partial charge is 0.435 e. The molecule has 1 aliphatic carbocycles. The van der Waals surface area contributed by atoms with Gasteiger partial charge in [-0.2, -0.15) is 8.78 Å². The summed E-state index contributed by atoms with van der Waals surface area (Å²) in [7, 11) is 0. The topological polar surface area (TPSA) is 35.2 Å². The molecular weight excluding hydrogens is 236 g/mol. The number of allylic oxidation sites excluding steroid dienone is 1. The Hall–Kier alpha value is -1.42. The van der Waals surface area contributed by atoms with Crippen LogP contribution in [-0.4, -0.2) is 6.61 Å². The third-order valence-corrected chi connectivity index (χ3v) is 3.19. The highest BCUT2D eigenvalue weighted by molar-refractivity contribution is 5.33. The van der Waals surface area contributed by atoms with Crippen molar-refractivity contribution < 1.29 is 13.5 Å². The maximum atomic E-state index is 12.0. The lowest BCUT2D eigenvalue weighted by Crippen LogP contribution is -2.14. The van der Waals surface area contributed by atoms with Crippen molar-refractivity contribution in [3.8, 4) is 5.75 Å². The highest BCUT2D eigenvalue weighted by atomic mass is 19.3. The smallest absolute Gasteiger partial charge is 0.387 e. The molecule has 1 atom stereocenters. The minimum absolute atomic E-state index is 0.133. The summed E-state index contributed by atoms with van der Waals surface area (Å²) in [6.45, 7) is -2.79. The lowest BCUT2D eigenvalue weighted by molar-refractivity contribution is -0.0498. The molecule has 4 heteroatoms. The standard InChI is InChI=1S/C14H17F2NO/c15-14(16)18-12-8-6-11(7-9-12)13(17)10-4-2-1-3-5-10/h4,6-9,13-14H,1-3,5,17H2. The van der Waals surface area contributed by atoms with Crippen LogP contribution >= 0.6 is 0 Å². The third-order valence-electron chi connectivity index (χ3n) is 3.19. The molecule has 2 N–H and O–H groups in total. The fraction of sp³-hybridized carbons (Fsp3) is 0.429. The molecule has 0 saturated carbocycles. The van der Waals surface area contributed by atoms with Crippen LogP contribution in [0.4, 0.5) is 8.78 Å². The Labute approximate surface area is 105 Å². The van der Waals surface area contributed by atoms with E-state index in [-0.39, 0.29) is 11.8 Å². The predicted octanol–water partition coefficient (Wildman–Crippen LogP) is 3.79. The van der Waals surface area contributed by atoms with Crippen LogP contribution in [0.1, 0.15) is 37.3 Å². The van der Waals surface area contributed by atoms with Gasteiger partial charge in [-0.3, -0.25) is 0 Å². The van der Waals surface area contributed by atoms with Crippen molar-refractivity contribution in [1.82, 2.24) is 0 Å². The average molecular weight is 253 g/mol. The molecule has 0 saturated heterocycles. The molecule has 2 rings (SSSR count). The summed E-state index contributed by atoms with van der Waals surface area (Å²) in [6.07, 6.45) is 6.69. The summed E-state index contributed by atoms with van der Waals surface area (Å²) in [5, 5.41) is 0. The number of halogens is 2. The van der Waals surface area contributed by atoms with E-state index in [1.807, 2.05) is 0 Å². The van der Waals surface area contributed by atoms with Gasteiger partial charge in [0.2, 0.25) is 0 Å². The van der Waals surface area contributed by atoms with Gasteiger partial charge in [-0.15, -0.1) is 0 Å². The molecule has 0 heterocycles. The first-order valence-corrected chi connectivity index (χ1v) is 6.16. The average Bonchev–Trinajstić information content (AvgIpc) is 2.39. The van der Waals surface area contributed by atoms with Crippen molar-refractivity contribution in [2.24, 2.45) is 5.73 Å². The maximum Gasteiger partial charge on any atom is 0.387 e. The van der Waals surface area contributed by atoms with E-state index in [0.29, 0.717) is 0 Å². The summed E-state index contributed by atoms with van der Waals surface area (Å²) >= 11 is 0. The van der Waals surface area contributed by atoms with Gasteiger partial charge >= 0.3 is 6.61 Å². The molecule has 1 aromatic carbocycles. The molecular formula is C14H17F2NO. The molecule has 1 unspecified atom stereocenters. The zero-order valence-electron chi connectivity index (χ0n) is 10.1. The Balaban J connectivity index is 2.06. The fourth-order valence-electron chi connectivity index (χ4n) is 2.22. The van der Waals surface area contributed by atoms with Crippen LogP contribution in [0.5, 0.6) is 5.75 Å². The van der Waals surface area contributed by atoms with Crippen LogP contribution in [-0.2, 0) is 0 Å². The first-order valence-electron chi connectivity index (χ1n) is 6.16. The number of hydrogen-bond donors (Lipinski definition) is 1. The van der Waals surface area contributed by atoms with Crippen LogP contribution in [0.25, 0.3) is 0 Å². The van der Waals surface area contributed by atoms with E-state index in [2.05, 4.69) is 10.8 Å². The van der Waals surface area contributed by atoms with E-state index in [1.165, 1.54) is 30.5 Å². The van der Waals surface area contributed by atoms with Gasteiger partial charge in [0.05, 0.1) is 6.04 Å². The van der Waals surface area contributed by atoms with Crippen molar-refractivity contribution in [3.63, 3.8) is 0 Å². The molecule has 0 amide bonds. The second-order valence-corrected chi connectivity index (χ2v) is 4.45. The van der Waals surface area contributed by atoms with Crippen molar-refractivity contribution in [3.05, 3.63) is 41.5 Å². The van der Waals surface area contributed by atoms with Crippen molar-refractivity contribution >= 4 is 0 Å². The summed E-state index contributed by atoms with van der Waals surface area (Å²) in [6, 6.07) is 6.43. The fourth-order valence-corrected chi connectivity index (χ4v) is 2.22. The maximum absolute atomic E-state index is 12.0. The summed E-state index contributed by atoms with van der Waals surface area (Å²) < 4.78 is 28.3. The van der Waals surface area contributed by atoms with Crippen molar-refractivity contribution in [1.29, 1.82) is 0 Å². The third kappa shape index (κ3) is 3.29. The second-order valence-electron chi connectivity index (χ2n) is 4.45. The molecule has 0 aromatic heterocycles. The molecule has 98 valence electrons. The quantitative estimate of drug-likeness (QED) is 0.828. The zero-order chi connectivity index (χ0) is 13.0. The van der Waals surface area contributed by atoms with Gasteiger partial charge in [-0.25, -0.2) is 0 Å². The van der Waals surface area contributed by atoms with Gasteiger partial charge in [-0.1, -0.05) is 23.8 Å². The molecule has 0 radical (unpaired) electrons. The Morgan fingerprint density at radius 3 is 2.39 bits per heavy atom. The molecule has 0 aliphatic heterocycles. The lowest BCUT2D eigenvalue weighted by Gasteiger charge is -2.20. The van der Waals surface area contributed by atoms with E-state index >= 15 is 0 Å². The molecule has 0 spiro atoms. The van der Waals surface area contributed by atoms with Crippen molar-refractivity contribution in [2.75, 3.05) is 0 Å². The number of hydrogen-bond acceptors (Lipinski definition) is 2. The highest BCUT2D eigenvalue weighted by Crippen LogP contribution is 2.29. The lowest BCUT2D eigenvalue weighted by atomic mass is 9.90. The summed E-state index contributed by atoms with van der Waals surface area (Å²) in [4.78, 5) is 0. The molecule has 0 bridgehead atoms. The minimum Gasteiger partial charge on any atom is -0.435 e.